The summed E-state index contributed by atoms with van der Waals surface area (Å²) < 4.78 is 1.62. The SMILES string of the molecule is Cc1cc(O)c2c(=O)c3c(O)c(Cl)c(O)cc3n(C)c2c1. The molecule has 21 heavy (non-hydrogen) atoms. The average molecular weight is 306 g/mol. The number of phenolic OH excluding ortho intramolecular Hbond substituents is 3. The number of phenols is 3. The van der Waals surface area contributed by atoms with E-state index >= 15 is 0 Å². The minimum Gasteiger partial charge on any atom is -0.507 e. The molecule has 0 saturated heterocycles. The van der Waals surface area contributed by atoms with Crippen molar-refractivity contribution < 1.29 is 15.3 Å². The Balaban J connectivity index is 2.74. The molecular weight excluding hydrogens is 294 g/mol. The summed E-state index contributed by atoms with van der Waals surface area (Å²) in [6.45, 7) is 1.80. The van der Waals surface area contributed by atoms with Gasteiger partial charge in [-0.1, -0.05) is 11.6 Å². The Bertz CT molecular complexity index is 975. The van der Waals surface area contributed by atoms with E-state index in [-0.39, 0.29) is 27.3 Å². The number of pyridine rings is 1. The Hall–Kier alpha value is -2.40. The number of halogens is 1. The number of aromatic nitrogens is 1. The third kappa shape index (κ3) is 1.74. The zero-order valence-electron chi connectivity index (χ0n) is 11.3. The van der Waals surface area contributed by atoms with Gasteiger partial charge in [-0.25, -0.2) is 0 Å². The standard InChI is InChI=1S/C15H12ClNO4/c1-6-3-7-11(9(18)4-6)14(20)12-8(17(7)2)5-10(19)13(16)15(12)21/h3-5,18-19,21H,1-2H3. The maximum Gasteiger partial charge on any atom is 0.204 e. The Morgan fingerprint density at radius 1 is 1.00 bits per heavy atom. The second kappa shape index (κ2) is 4.30. The van der Waals surface area contributed by atoms with Crippen LogP contribution in [-0.2, 0) is 7.05 Å². The van der Waals surface area contributed by atoms with Crippen LogP contribution in [-0.4, -0.2) is 19.9 Å². The van der Waals surface area contributed by atoms with Gasteiger partial charge in [0.15, 0.2) is 5.75 Å². The molecule has 0 saturated carbocycles. The van der Waals surface area contributed by atoms with Crippen LogP contribution < -0.4 is 5.43 Å². The van der Waals surface area contributed by atoms with Gasteiger partial charge in [0.2, 0.25) is 5.43 Å². The van der Waals surface area contributed by atoms with Crippen LogP contribution in [0.3, 0.4) is 0 Å². The normalized spacial score (nSPS) is 11.4. The van der Waals surface area contributed by atoms with Crippen LogP contribution in [0.4, 0.5) is 0 Å². The first-order chi connectivity index (χ1) is 9.82. The quantitative estimate of drug-likeness (QED) is 0.558. The molecular formula is C15H12ClNO4. The molecule has 108 valence electrons. The van der Waals surface area contributed by atoms with Gasteiger partial charge in [0.1, 0.15) is 16.5 Å². The molecule has 0 fully saturated rings. The van der Waals surface area contributed by atoms with E-state index in [2.05, 4.69) is 0 Å². The molecule has 0 atom stereocenters. The highest BCUT2D eigenvalue weighted by molar-refractivity contribution is 6.34. The van der Waals surface area contributed by atoms with Gasteiger partial charge in [0.25, 0.3) is 0 Å². The fourth-order valence-corrected chi connectivity index (χ4v) is 2.76. The number of rotatable bonds is 0. The van der Waals surface area contributed by atoms with Crippen LogP contribution >= 0.6 is 11.6 Å². The summed E-state index contributed by atoms with van der Waals surface area (Å²) in [4.78, 5) is 12.6. The first kappa shape index (κ1) is 13.6. The fourth-order valence-electron chi connectivity index (χ4n) is 2.61. The van der Waals surface area contributed by atoms with Gasteiger partial charge in [-0.3, -0.25) is 4.79 Å². The predicted molar refractivity (Wildman–Crippen MR) is 81.4 cm³/mol. The molecule has 3 rings (SSSR count). The second-order valence-corrected chi connectivity index (χ2v) is 5.40. The summed E-state index contributed by atoms with van der Waals surface area (Å²) >= 11 is 5.79. The van der Waals surface area contributed by atoms with Crippen molar-refractivity contribution in [3.63, 3.8) is 0 Å². The number of aromatic hydroxyl groups is 3. The topological polar surface area (TPSA) is 82.7 Å². The zero-order valence-corrected chi connectivity index (χ0v) is 12.1. The van der Waals surface area contributed by atoms with E-state index in [1.54, 1.807) is 24.6 Å². The van der Waals surface area contributed by atoms with Gasteiger partial charge in [0.05, 0.1) is 21.8 Å². The highest BCUT2D eigenvalue weighted by Gasteiger charge is 2.19. The van der Waals surface area contributed by atoms with Gasteiger partial charge >= 0.3 is 0 Å². The van der Waals surface area contributed by atoms with E-state index in [1.807, 2.05) is 0 Å². The third-order valence-electron chi connectivity index (χ3n) is 3.62. The van der Waals surface area contributed by atoms with Gasteiger partial charge in [0, 0.05) is 13.1 Å². The Kier molecular flexibility index (Phi) is 2.78. The monoisotopic (exact) mass is 305 g/mol. The van der Waals surface area contributed by atoms with Crippen molar-refractivity contribution in [2.24, 2.45) is 7.05 Å². The zero-order chi connectivity index (χ0) is 15.5. The Labute approximate surface area is 124 Å². The van der Waals surface area contributed by atoms with Crippen molar-refractivity contribution in [1.82, 2.24) is 4.57 Å². The van der Waals surface area contributed by atoms with Crippen molar-refractivity contribution in [2.45, 2.75) is 6.92 Å². The van der Waals surface area contributed by atoms with Crippen molar-refractivity contribution in [3.8, 4) is 17.2 Å². The maximum absolute atomic E-state index is 12.6. The molecule has 5 nitrogen and oxygen atoms in total. The van der Waals surface area contributed by atoms with Crippen LogP contribution in [0, 0.1) is 6.92 Å². The van der Waals surface area contributed by atoms with E-state index in [1.165, 1.54) is 12.1 Å². The molecule has 3 N–H and O–H groups in total. The van der Waals surface area contributed by atoms with Crippen LogP contribution in [0.25, 0.3) is 21.8 Å². The van der Waals surface area contributed by atoms with Gasteiger partial charge < -0.3 is 19.9 Å². The van der Waals surface area contributed by atoms with Crippen LogP contribution in [0.2, 0.25) is 5.02 Å². The molecule has 1 heterocycles. The average Bonchev–Trinajstić information content (AvgIpc) is 2.41. The highest BCUT2D eigenvalue weighted by Crippen LogP contribution is 2.39. The molecule has 3 aromatic rings. The number of hydrogen-bond acceptors (Lipinski definition) is 4. The smallest absolute Gasteiger partial charge is 0.204 e. The molecule has 0 radical (unpaired) electrons. The van der Waals surface area contributed by atoms with E-state index in [0.717, 1.165) is 5.56 Å². The van der Waals surface area contributed by atoms with E-state index in [9.17, 15) is 20.1 Å². The molecule has 2 aromatic carbocycles. The van der Waals surface area contributed by atoms with Gasteiger partial charge in [-0.2, -0.15) is 0 Å². The number of fused-ring (bicyclic) bond motifs is 2. The van der Waals surface area contributed by atoms with Crippen molar-refractivity contribution in [3.05, 3.63) is 39.0 Å². The molecule has 6 heteroatoms. The lowest BCUT2D eigenvalue weighted by atomic mass is 10.1. The van der Waals surface area contributed by atoms with Crippen molar-refractivity contribution in [1.29, 1.82) is 0 Å². The third-order valence-corrected chi connectivity index (χ3v) is 3.99. The largest absolute Gasteiger partial charge is 0.507 e. The van der Waals surface area contributed by atoms with Crippen LogP contribution in [0.1, 0.15) is 5.56 Å². The van der Waals surface area contributed by atoms with E-state index in [0.29, 0.717) is 11.0 Å². The number of nitrogens with zero attached hydrogens (tertiary/aromatic N) is 1. The fraction of sp³-hybridized carbons (Fsp3) is 0.133. The Morgan fingerprint density at radius 2 is 1.62 bits per heavy atom. The number of benzene rings is 2. The van der Waals surface area contributed by atoms with Crippen molar-refractivity contribution in [2.75, 3.05) is 0 Å². The Morgan fingerprint density at radius 3 is 2.29 bits per heavy atom. The summed E-state index contributed by atoms with van der Waals surface area (Å²) in [6.07, 6.45) is 0. The molecule has 0 spiro atoms. The molecule has 0 bridgehead atoms. The molecule has 0 amide bonds. The summed E-state index contributed by atoms with van der Waals surface area (Å²) in [5.41, 5.74) is 1.09. The first-order valence-electron chi connectivity index (χ1n) is 6.19. The van der Waals surface area contributed by atoms with Crippen molar-refractivity contribution >= 4 is 33.4 Å². The minimum atomic E-state index is -0.532. The molecule has 0 aliphatic carbocycles. The molecule has 0 aliphatic heterocycles. The summed E-state index contributed by atoms with van der Waals surface area (Å²) in [5.74, 6) is -0.960. The lowest BCUT2D eigenvalue weighted by molar-refractivity contribution is 0.455. The molecule has 1 aromatic heterocycles. The highest BCUT2D eigenvalue weighted by atomic mass is 35.5. The second-order valence-electron chi connectivity index (χ2n) is 5.02. The minimum absolute atomic E-state index is 0.0352. The first-order valence-corrected chi connectivity index (χ1v) is 6.57. The van der Waals surface area contributed by atoms with E-state index in [4.69, 9.17) is 11.6 Å². The summed E-state index contributed by atoms with van der Waals surface area (Å²) in [6, 6.07) is 4.55. The maximum atomic E-state index is 12.6. The number of hydrogen-bond donors (Lipinski definition) is 3. The van der Waals surface area contributed by atoms with Gasteiger partial charge in [-0.15, -0.1) is 0 Å². The predicted octanol–water partition coefficient (Wildman–Crippen LogP) is 2.77. The summed E-state index contributed by atoms with van der Waals surface area (Å²) in [5, 5.41) is 29.6. The lowest BCUT2D eigenvalue weighted by Gasteiger charge is -2.14. The van der Waals surface area contributed by atoms with E-state index < -0.39 is 11.2 Å². The van der Waals surface area contributed by atoms with Crippen LogP contribution in [0.15, 0.2) is 23.0 Å². The molecule has 0 unspecified atom stereocenters. The van der Waals surface area contributed by atoms with Gasteiger partial charge in [-0.05, 0) is 24.6 Å². The lowest BCUT2D eigenvalue weighted by Crippen LogP contribution is -2.10. The van der Waals surface area contributed by atoms with Crippen LogP contribution in [0.5, 0.6) is 17.2 Å². The summed E-state index contributed by atoms with van der Waals surface area (Å²) in [7, 11) is 1.68. The molecule has 0 aliphatic rings. The number of aryl methyl sites for hydroxylation is 2.